The molecule has 1 aliphatic heterocycles. The van der Waals surface area contributed by atoms with E-state index < -0.39 is 35.5 Å². The monoisotopic (exact) mass is 418 g/mol. The Morgan fingerprint density at radius 2 is 1.77 bits per heavy atom. The predicted molar refractivity (Wildman–Crippen MR) is 104 cm³/mol. The topological polar surface area (TPSA) is 109 Å². The minimum absolute atomic E-state index is 0.00786. The van der Waals surface area contributed by atoms with E-state index in [2.05, 4.69) is 21.3 Å². The molecule has 2 aromatic rings. The number of nitrogens with one attached hydrogen (secondary N) is 4. The van der Waals surface area contributed by atoms with Gasteiger partial charge in [0.05, 0.1) is 7.11 Å². The lowest BCUT2D eigenvalue weighted by atomic mass is 9.93. The zero-order valence-electron chi connectivity index (χ0n) is 16.2. The van der Waals surface area contributed by atoms with Gasteiger partial charge < -0.3 is 26.0 Å². The van der Waals surface area contributed by atoms with E-state index in [0.717, 1.165) is 12.1 Å². The minimum atomic E-state index is -1.17. The van der Waals surface area contributed by atoms with Gasteiger partial charge in [0.25, 0.3) is 5.91 Å². The fourth-order valence-corrected chi connectivity index (χ4v) is 3.25. The SMILES string of the molecule is CNC(=O)c1ccc(NC(=O)NC2C(=O)NCC2c2c(F)cc(OC)cc2F)cc1. The van der Waals surface area contributed by atoms with E-state index >= 15 is 0 Å². The fourth-order valence-electron chi connectivity index (χ4n) is 3.25. The van der Waals surface area contributed by atoms with E-state index in [4.69, 9.17) is 4.74 Å². The summed E-state index contributed by atoms with van der Waals surface area (Å²) in [5.41, 5.74) is 0.468. The molecule has 0 aliphatic carbocycles. The van der Waals surface area contributed by atoms with E-state index in [0.29, 0.717) is 11.3 Å². The average molecular weight is 418 g/mol. The maximum Gasteiger partial charge on any atom is 0.319 e. The molecule has 1 saturated heterocycles. The summed E-state index contributed by atoms with van der Waals surface area (Å²) in [7, 11) is 2.78. The number of benzene rings is 2. The van der Waals surface area contributed by atoms with Crippen LogP contribution in [0.1, 0.15) is 21.8 Å². The Balaban J connectivity index is 1.74. The Hall–Kier alpha value is -3.69. The number of ether oxygens (including phenoxy) is 1. The first-order valence-electron chi connectivity index (χ1n) is 9.04. The van der Waals surface area contributed by atoms with Gasteiger partial charge in [0.1, 0.15) is 23.4 Å². The van der Waals surface area contributed by atoms with Gasteiger partial charge in [-0.05, 0) is 24.3 Å². The first kappa shape index (κ1) is 21.0. The highest BCUT2D eigenvalue weighted by Gasteiger charge is 2.40. The van der Waals surface area contributed by atoms with Gasteiger partial charge >= 0.3 is 6.03 Å². The van der Waals surface area contributed by atoms with Crippen LogP contribution in [0.4, 0.5) is 19.3 Å². The maximum atomic E-state index is 14.4. The van der Waals surface area contributed by atoms with Crippen molar-refractivity contribution >= 4 is 23.5 Å². The van der Waals surface area contributed by atoms with Crippen molar-refractivity contribution in [3.63, 3.8) is 0 Å². The van der Waals surface area contributed by atoms with Crippen molar-refractivity contribution in [3.05, 3.63) is 59.2 Å². The van der Waals surface area contributed by atoms with Crippen molar-refractivity contribution in [3.8, 4) is 5.75 Å². The van der Waals surface area contributed by atoms with Crippen LogP contribution < -0.4 is 26.0 Å². The molecule has 0 aromatic heterocycles. The summed E-state index contributed by atoms with van der Waals surface area (Å²) in [5, 5.41) is 9.96. The van der Waals surface area contributed by atoms with Crippen LogP contribution in [0.25, 0.3) is 0 Å². The van der Waals surface area contributed by atoms with Gasteiger partial charge in [-0.1, -0.05) is 0 Å². The Morgan fingerprint density at radius 3 is 2.33 bits per heavy atom. The maximum absolute atomic E-state index is 14.4. The lowest BCUT2D eigenvalue weighted by Crippen LogP contribution is -2.45. The summed E-state index contributed by atoms with van der Waals surface area (Å²) in [6.45, 7) is -0.0369. The molecule has 1 heterocycles. The summed E-state index contributed by atoms with van der Waals surface area (Å²) >= 11 is 0. The van der Waals surface area contributed by atoms with Gasteiger partial charge in [-0.3, -0.25) is 9.59 Å². The molecule has 0 spiro atoms. The van der Waals surface area contributed by atoms with Crippen molar-refractivity contribution in [2.45, 2.75) is 12.0 Å². The van der Waals surface area contributed by atoms with E-state index in [1.54, 1.807) is 0 Å². The second-order valence-corrected chi connectivity index (χ2v) is 6.59. The van der Waals surface area contributed by atoms with Crippen molar-refractivity contribution in [1.82, 2.24) is 16.0 Å². The average Bonchev–Trinajstić information content (AvgIpc) is 3.07. The van der Waals surface area contributed by atoms with E-state index in [9.17, 15) is 23.2 Å². The number of methoxy groups -OCH3 is 1. The minimum Gasteiger partial charge on any atom is -0.497 e. The largest absolute Gasteiger partial charge is 0.497 e. The fraction of sp³-hybridized carbons (Fsp3) is 0.250. The van der Waals surface area contributed by atoms with Crippen LogP contribution in [0.2, 0.25) is 0 Å². The summed E-state index contributed by atoms with van der Waals surface area (Å²) < 4.78 is 33.7. The molecule has 158 valence electrons. The second-order valence-electron chi connectivity index (χ2n) is 6.59. The highest BCUT2D eigenvalue weighted by atomic mass is 19.1. The van der Waals surface area contributed by atoms with E-state index in [1.807, 2.05) is 0 Å². The highest BCUT2D eigenvalue weighted by Crippen LogP contribution is 2.31. The summed E-state index contributed by atoms with van der Waals surface area (Å²) in [5.74, 6) is -3.51. The lowest BCUT2D eigenvalue weighted by Gasteiger charge is -2.20. The number of anilines is 1. The molecule has 2 unspecified atom stereocenters. The molecule has 2 aromatic carbocycles. The first-order chi connectivity index (χ1) is 14.3. The molecule has 4 amide bonds. The molecule has 10 heteroatoms. The third-order valence-electron chi connectivity index (χ3n) is 4.76. The zero-order valence-corrected chi connectivity index (χ0v) is 16.2. The quantitative estimate of drug-likeness (QED) is 0.593. The zero-order chi connectivity index (χ0) is 21.8. The number of rotatable bonds is 5. The van der Waals surface area contributed by atoms with Crippen LogP contribution >= 0.6 is 0 Å². The number of hydrogen-bond acceptors (Lipinski definition) is 4. The van der Waals surface area contributed by atoms with Crippen molar-refractivity contribution < 1.29 is 27.9 Å². The van der Waals surface area contributed by atoms with Crippen molar-refractivity contribution in [1.29, 1.82) is 0 Å². The molecular formula is C20H20F2N4O4. The molecule has 2 atom stereocenters. The number of amides is 4. The van der Waals surface area contributed by atoms with Crippen LogP contribution in [0, 0.1) is 11.6 Å². The molecule has 0 saturated carbocycles. The van der Waals surface area contributed by atoms with Crippen molar-refractivity contribution in [2.75, 3.05) is 26.0 Å². The first-order valence-corrected chi connectivity index (χ1v) is 9.04. The number of carbonyl (C=O) groups excluding carboxylic acids is 3. The van der Waals surface area contributed by atoms with Crippen LogP contribution in [0.15, 0.2) is 36.4 Å². The molecule has 0 bridgehead atoms. The normalized spacial score (nSPS) is 17.8. The lowest BCUT2D eigenvalue weighted by molar-refractivity contribution is -0.120. The number of urea groups is 1. The Morgan fingerprint density at radius 1 is 1.13 bits per heavy atom. The Kier molecular flexibility index (Phi) is 6.14. The smallest absolute Gasteiger partial charge is 0.319 e. The van der Waals surface area contributed by atoms with E-state index in [-0.39, 0.29) is 23.8 Å². The molecule has 30 heavy (non-hydrogen) atoms. The van der Waals surface area contributed by atoms with Gasteiger partial charge in [0.15, 0.2) is 0 Å². The molecule has 0 radical (unpaired) electrons. The third kappa shape index (κ3) is 4.32. The van der Waals surface area contributed by atoms with Crippen LogP contribution in [0.5, 0.6) is 5.75 Å². The van der Waals surface area contributed by atoms with Crippen LogP contribution in [-0.4, -0.2) is 44.6 Å². The molecule has 3 rings (SSSR count). The molecule has 1 fully saturated rings. The van der Waals surface area contributed by atoms with Gasteiger partial charge in [0, 0.05) is 48.5 Å². The Bertz CT molecular complexity index is 958. The molecule has 4 N–H and O–H groups in total. The van der Waals surface area contributed by atoms with Gasteiger partial charge in [-0.2, -0.15) is 0 Å². The second kappa shape index (κ2) is 8.76. The summed E-state index contributed by atoms with van der Waals surface area (Å²) in [6, 6.07) is 6.19. The predicted octanol–water partition coefficient (Wildman–Crippen LogP) is 1.74. The summed E-state index contributed by atoms with van der Waals surface area (Å²) in [4.78, 5) is 36.1. The van der Waals surface area contributed by atoms with Crippen LogP contribution in [-0.2, 0) is 4.79 Å². The van der Waals surface area contributed by atoms with Gasteiger partial charge in [-0.25, -0.2) is 13.6 Å². The number of carbonyl (C=O) groups is 3. The van der Waals surface area contributed by atoms with Gasteiger partial charge in [0.2, 0.25) is 5.91 Å². The molecule has 8 nitrogen and oxygen atoms in total. The standard InChI is InChI=1S/C20H20F2N4O4/c1-23-18(27)10-3-5-11(6-4-10)25-20(29)26-17-13(9-24-19(17)28)16-14(21)7-12(30-2)8-15(16)22/h3-8,13,17H,9H2,1-2H3,(H,23,27)(H,24,28)(H2,25,26,29). The highest BCUT2D eigenvalue weighted by molar-refractivity contribution is 5.97. The van der Waals surface area contributed by atoms with Crippen molar-refractivity contribution in [2.24, 2.45) is 0 Å². The molecule has 1 aliphatic rings. The Labute approximate surface area is 171 Å². The number of halogens is 2. The van der Waals surface area contributed by atoms with E-state index in [1.165, 1.54) is 38.4 Å². The molecular weight excluding hydrogens is 398 g/mol. The number of hydrogen-bond donors (Lipinski definition) is 4. The third-order valence-corrected chi connectivity index (χ3v) is 4.76. The summed E-state index contributed by atoms with van der Waals surface area (Å²) in [6.07, 6.45) is 0. The van der Waals surface area contributed by atoms with Gasteiger partial charge in [-0.15, -0.1) is 0 Å². The van der Waals surface area contributed by atoms with Crippen LogP contribution in [0.3, 0.4) is 0 Å².